The summed E-state index contributed by atoms with van der Waals surface area (Å²) in [5.41, 5.74) is 5.17. The summed E-state index contributed by atoms with van der Waals surface area (Å²) in [6.45, 7) is 4.17. The first-order chi connectivity index (χ1) is 12.7. The van der Waals surface area contributed by atoms with E-state index in [-0.39, 0.29) is 0 Å². The zero-order chi connectivity index (χ0) is 18.6. The molecule has 128 valence electrons. The Labute approximate surface area is 169 Å². The molecule has 4 rings (SSSR count). The predicted octanol–water partition coefficient (Wildman–Crippen LogP) is 6.41. The first-order valence-electron chi connectivity index (χ1n) is 8.83. The Kier molecular flexibility index (Phi) is 9.03. The molecule has 0 bridgehead atoms. The summed E-state index contributed by atoms with van der Waals surface area (Å²) < 4.78 is 1.42. The van der Waals surface area contributed by atoms with Crippen LogP contribution in [0.1, 0.15) is 37.8 Å². The smallest absolute Gasteiger partial charge is 0.0623 e. The Balaban J connectivity index is 0.000000156. The van der Waals surface area contributed by atoms with Gasteiger partial charge in [0.1, 0.15) is 0 Å². The van der Waals surface area contributed by atoms with Gasteiger partial charge in [0.05, 0.1) is 0 Å². The van der Waals surface area contributed by atoms with Crippen LogP contribution in [0.5, 0.6) is 0 Å². The molecule has 2 aliphatic rings. The molecule has 2 aromatic carbocycles. The van der Waals surface area contributed by atoms with E-state index >= 15 is 0 Å². The molecule has 0 heterocycles. The van der Waals surface area contributed by atoms with E-state index in [1.807, 2.05) is 12.1 Å². The second kappa shape index (κ2) is 11.6. The molecule has 0 N–H and O–H groups in total. The average Bonchev–Trinajstić information content (AvgIpc) is 3.37. The third-order valence-electron chi connectivity index (χ3n) is 3.61. The second-order valence-corrected chi connectivity index (χ2v) is 7.72. The number of hydrogen-bond donors (Lipinski definition) is 0. The first-order valence-corrected chi connectivity index (χ1v) is 9.61. The van der Waals surface area contributed by atoms with Crippen molar-refractivity contribution in [2.45, 2.75) is 26.7 Å². The van der Waals surface area contributed by atoms with Crippen molar-refractivity contribution in [1.29, 1.82) is 0 Å². The Morgan fingerprint density at radius 1 is 0.692 bits per heavy atom. The number of benzene rings is 2. The van der Waals surface area contributed by atoms with Crippen LogP contribution < -0.4 is 0 Å². The van der Waals surface area contributed by atoms with Crippen molar-refractivity contribution in [2.24, 2.45) is 0 Å². The van der Waals surface area contributed by atoms with Crippen LogP contribution in [0.2, 0.25) is 0 Å². The van der Waals surface area contributed by atoms with Crippen LogP contribution in [0.4, 0.5) is 0 Å². The summed E-state index contributed by atoms with van der Waals surface area (Å²) in [7, 11) is 0. The molecule has 0 unspecified atom stereocenters. The van der Waals surface area contributed by atoms with Crippen molar-refractivity contribution in [3.8, 4) is 0 Å². The van der Waals surface area contributed by atoms with E-state index in [0.717, 1.165) is 12.8 Å². The van der Waals surface area contributed by atoms with Crippen LogP contribution >= 0.6 is 0 Å². The molecule has 0 aromatic heterocycles. The van der Waals surface area contributed by atoms with Gasteiger partial charge in [-0.2, -0.15) is 23.3 Å². The standard InChI is InChI=1S/2C11H9.C3H6.Ti/c2*1-2-6-10(7-3-1)11-8-4-5-9-11;1-3-2;/h2*1-3,6-9H,4H2;1-2H3;/q2*-1;;+2. The zero-order valence-electron chi connectivity index (χ0n) is 15.5. The van der Waals surface area contributed by atoms with Crippen LogP contribution in [0.3, 0.4) is 0 Å². The average molecular weight is 372 g/mol. The van der Waals surface area contributed by atoms with Crippen molar-refractivity contribution in [3.63, 3.8) is 0 Å². The monoisotopic (exact) mass is 372 g/mol. The van der Waals surface area contributed by atoms with Crippen molar-refractivity contribution < 1.29 is 20.0 Å². The van der Waals surface area contributed by atoms with Crippen molar-refractivity contribution in [1.82, 2.24) is 0 Å². The van der Waals surface area contributed by atoms with E-state index in [1.54, 1.807) is 0 Å². The van der Waals surface area contributed by atoms with Crippen LogP contribution in [0, 0.1) is 12.2 Å². The fraction of sp³-hybridized carbons (Fsp3) is 0.160. The topological polar surface area (TPSA) is 0 Å². The molecule has 2 aliphatic carbocycles. The minimum atomic E-state index is 0.963. The van der Waals surface area contributed by atoms with E-state index in [0.29, 0.717) is 0 Å². The number of allylic oxidation sites excluding steroid dienone is 8. The Bertz CT molecular complexity index is 736. The fourth-order valence-electron chi connectivity index (χ4n) is 2.46. The molecule has 0 saturated heterocycles. The minimum Gasteiger partial charge on any atom is -0.272 e. The van der Waals surface area contributed by atoms with Gasteiger partial charge in [0.15, 0.2) is 0 Å². The van der Waals surface area contributed by atoms with Crippen molar-refractivity contribution in [3.05, 3.63) is 108 Å². The van der Waals surface area contributed by atoms with Gasteiger partial charge in [0.2, 0.25) is 0 Å². The van der Waals surface area contributed by atoms with Gasteiger partial charge in [-0.25, -0.2) is 12.2 Å². The van der Waals surface area contributed by atoms with Gasteiger partial charge in [-0.1, -0.05) is 60.7 Å². The Morgan fingerprint density at radius 3 is 1.31 bits per heavy atom. The summed E-state index contributed by atoms with van der Waals surface area (Å²) in [6, 6.07) is 20.8. The molecule has 1 heteroatoms. The van der Waals surface area contributed by atoms with Gasteiger partial charge >= 0.3 is 37.6 Å². The van der Waals surface area contributed by atoms with Gasteiger partial charge in [-0.3, -0.25) is 12.2 Å². The largest absolute Gasteiger partial charge is 0.272 e. The Morgan fingerprint density at radius 2 is 1.04 bits per heavy atom. The van der Waals surface area contributed by atoms with Crippen molar-refractivity contribution >= 4 is 15.0 Å². The zero-order valence-corrected chi connectivity index (χ0v) is 17.1. The van der Waals surface area contributed by atoms with Gasteiger partial charge < -0.3 is 0 Å². The van der Waals surface area contributed by atoms with E-state index in [9.17, 15) is 0 Å². The van der Waals surface area contributed by atoms with E-state index < -0.39 is 0 Å². The van der Waals surface area contributed by atoms with Crippen LogP contribution in [-0.4, -0.2) is 3.81 Å². The molecule has 0 fully saturated rings. The quantitative estimate of drug-likeness (QED) is 0.422. The van der Waals surface area contributed by atoms with E-state index in [4.69, 9.17) is 0 Å². The minimum absolute atomic E-state index is 0.963. The molecule has 0 spiro atoms. The maximum absolute atomic E-state index is 3.15. The fourth-order valence-corrected chi connectivity index (χ4v) is 2.46. The summed E-state index contributed by atoms with van der Waals surface area (Å²) in [4.78, 5) is 0. The maximum Gasteiger partial charge on any atom is -0.0623 e. The number of hydrogen-bond acceptors (Lipinski definition) is 0. The number of rotatable bonds is 2. The van der Waals surface area contributed by atoms with E-state index in [2.05, 4.69) is 119 Å². The first kappa shape index (κ1) is 20.3. The van der Waals surface area contributed by atoms with Crippen molar-refractivity contribution in [2.75, 3.05) is 0 Å². The summed E-state index contributed by atoms with van der Waals surface area (Å²) in [6.07, 6.45) is 16.7. The molecule has 0 atom stereocenters. The van der Waals surface area contributed by atoms with Gasteiger partial charge in [0, 0.05) is 0 Å². The van der Waals surface area contributed by atoms with Gasteiger partial charge in [-0.15, -0.1) is 24.0 Å². The molecule has 0 amide bonds. The molecule has 0 aliphatic heterocycles. The predicted molar refractivity (Wildman–Crippen MR) is 110 cm³/mol. The third kappa shape index (κ3) is 7.48. The normalized spacial score (nSPS) is 13.8. The van der Waals surface area contributed by atoms with Gasteiger partial charge in [-0.05, 0) is 0 Å². The SMILES string of the molecule is C[C](C)=[Ti+2].[C-]1=CC(c2ccccc2)=CC1.[C-]1=CC(c2ccccc2)=CC1. The molecule has 26 heavy (non-hydrogen) atoms. The van der Waals surface area contributed by atoms with Gasteiger partial charge in [0.25, 0.3) is 0 Å². The summed E-state index contributed by atoms with van der Waals surface area (Å²) >= 11 is 2.08. The second-order valence-electron chi connectivity index (χ2n) is 6.16. The van der Waals surface area contributed by atoms with E-state index in [1.165, 1.54) is 26.1 Å². The molecular formula is C25H24Ti. The van der Waals surface area contributed by atoms with Crippen LogP contribution in [0.25, 0.3) is 11.1 Å². The Hall–Kier alpha value is -2.02. The molecule has 0 nitrogen and oxygen atoms in total. The summed E-state index contributed by atoms with van der Waals surface area (Å²) in [5, 5.41) is 0. The maximum atomic E-state index is 3.15. The van der Waals surface area contributed by atoms with Crippen LogP contribution in [0.15, 0.2) is 85.0 Å². The summed E-state index contributed by atoms with van der Waals surface area (Å²) in [5.74, 6) is 0. The molecule has 0 saturated carbocycles. The molecule has 0 radical (unpaired) electrons. The third-order valence-corrected chi connectivity index (χ3v) is 3.61. The molecule has 2 aromatic rings. The van der Waals surface area contributed by atoms with Crippen LogP contribution in [-0.2, 0) is 20.0 Å². The molecular weight excluding hydrogens is 348 g/mol.